The number of rotatable bonds is 1. The van der Waals surface area contributed by atoms with Crippen molar-refractivity contribution in [3.63, 3.8) is 0 Å². The van der Waals surface area contributed by atoms with Gasteiger partial charge in [0.15, 0.2) is 0 Å². The third-order valence-corrected chi connectivity index (χ3v) is 9.74. The van der Waals surface area contributed by atoms with Gasteiger partial charge in [0.05, 0.1) is 0 Å². The summed E-state index contributed by atoms with van der Waals surface area (Å²) in [4.78, 5) is 0. The van der Waals surface area contributed by atoms with Crippen LogP contribution in [-0.2, 0) is 0 Å². The fraction of sp³-hybridized carbons (Fsp3) is 0.833. The Morgan fingerprint density at radius 2 is 0.875 bits per heavy atom. The highest BCUT2D eigenvalue weighted by atomic mass is 14.7. The van der Waals surface area contributed by atoms with E-state index in [4.69, 9.17) is 12.8 Å². The van der Waals surface area contributed by atoms with Crippen LogP contribution in [0.15, 0.2) is 0 Å². The molecule has 24 heavy (non-hydrogen) atoms. The average molecular weight is 319 g/mol. The molecule has 0 spiro atoms. The van der Waals surface area contributed by atoms with Crippen LogP contribution in [0.2, 0.25) is 0 Å². The van der Waals surface area contributed by atoms with Crippen LogP contribution in [-0.4, -0.2) is 0 Å². The lowest BCUT2D eigenvalue weighted by atomic mass is 9.35. The Balaban J connectivity index is 1.46. The van der Waals surface area contributed by atoms with E-state index in [2.05, 4.69) is 11.8 Å². The third-order valence-electron chi connectivity index (χ3n) is 9.74. The summed E-state index contributed by atoms with van der Waals surface area (Å²) in [6, 6.07) is 0. The Kier molecular flexibility index (Phi) is 2.65. The van der Waals surface area contributed by atoms with Crippen LogP contribution >= 0.6 is 0 Å². The molecule has 0 heteroatoms. The number of terminal acetylenes is 2. The number of hydrogen-bond acceptors (Lipinski definition) is 0. The lowest BCUT2D eigenvalue weighted by Crippen LogP contribution is -2.62. The SMILES string of the molecule is C#CC12CC3CC(CC(C3)C1C1C3CC4CC(C3)CC1(C#C)C4)C2. The maximum absolute atomic E-state index is 6.29. The first kappa shape index (κ1) is 14.3. The highest BCUT2D eigenvalue weighted by molar-refractivity contribution is 5.26. The molecule has 0 saturated heterocycles. The van der Waals surface area contributed by atoms with Crippen molar-refractivity contribution >= 4 is 0 Å². The molecule has 0 nitrogen and oxygen atoms in total. The van der Waals surface area contributed by atoms with Gasteiger partial charge in [-0.15, -0.1) is 12.8 Å². The minimum atomic E-state index is 0.221. The first-order valence-corrected chi connectivity index (χ1v) is 10.6. The maximum Gasteiger partial charge on any atom is 0.0351 e. The number of fused-ring (bicyclic) bond motifs is 1. The Bertz CT molecular complexity index is 571. The molecule has 6 atom stereocenters. The molecular formula is C24H30. The average Bonchev–Trinajstić information content (AvgIpc) is 2.55. The molecule has 0 amide bonds. The van der Waals surface area contributed by atoms with Gasteiger partial charge in [-0.2, -0.15) is 0 Å². The van der Waals surface area contributed by atoms with Gasteiger partial charge in [0.1, 0.15) is 0 Å². The van der Waals surface area contributed by atoms with Crippen LogP contribution in [0.4, 0.5) is 0 Å². The van der Waals surface area contributed by atoms with Gasteiger partial charge in [-0.05, 0) is 112 Å². The zero-order valence-electron chi connectivity index (χ0n) is 14.8. The van der Waals surface area contributed by atoms with Gasteiger partial charge < -0.3 is 0 Å². The first-order valence-electron chi connectivity index (χ1n) is 10.6. The lowest BCUT2D eigenvalue weighted by molar-refractivity contribution is -0.179. The molecule has 8 aliphatic rings. The van der Waals surface area contributed by atoms with Gasteiger partial charge in [-0.1, -0.05) is 11.8 Å². The van der Waals surface area contributed by atoms with Crippen molar-refractivity contribution in [2.75, 3.05) is 0 Å². The summed E-state index contributed by atoms with van der Waals surface area (Å²) in [5.41, 5.74) is 0.442. The summed E-state index contributed by atoms with van der Waals surface area (Å²) in [6.07, 6.45) is 26.8. The largest absolute Gasteiger partial charge is 0.120 e. The standard InChI is InChI=1S/C24H30/c1-3-23-11-15-5-16(12-23)8-19(7-15)21(23)22-20-9-17-6-18(10-20)14-24(22,4-2)13-17/h1-2,15-22H,5-14H2. The van der Waals surface area contributed by atoms with E-state index in [1.165, 1.54) is 64.2 Å². The highest BCUT2D eigenvalue weighted by Crippen LogP contribution is 2.72. The van der Waals surface area contributed by atoms with Crippen molar-refractivity contribution in [3.05, 3.63) is 0 Å². The Morgan fingerprint density at radius 3 is 1.17 bits per heavy atom. The van der Waals surface area contributed by atoms with Crippen LogP contribution in [0.1, 0.15) is 64.2 Å². The second-order valence-electron chi connectivity index (χ2n) is 10.9. The van der Waals surface area contributed by atoms with E-state index < -0.39 is 0 Å². The van der Waals surface area contributed by atoms with Crippen LogP contribution in [0.3, 0.4) is 0 Å². The van der Waals surface area contributed by atoms with Crippen molar-refractivity contribution in [2.45, 2.75) is 64.2 Å². The van der Waals surface area contributed by atoms with E-state index in [-0.39, 0.29) is 10.8 Å². The smallest absolute Gasteiger partial charge is 0.0351 e. The van der Waals surface area contributed by atoms with Crippen molar-refractivity contribution in [1.82, 2.24) is 0 Å². The summed E-state index contributed by atoms with van der Waals surface area (Å²) in [7, 11) is 0. The van der Waals surface area contributed by atoms with E-state index in [9.17, 15) is 0 Å². The molecule has 0 aliphatic heterocycles. The zero-order chi connectivity index (χ0) is 16.1. The number of hydrogen-bond donors (Lipinski definition) is 0. The summed E-state index contributed by atoms with van der Waals surface area (Å²) in [5.74, 6) is 14.0. The summed E-state index contributed by atoms with van der Waals surface area (Å²) >= 11 is 0. The van der Waals surface area contributed by atoms with Crippen LogP contribution in [0.5, 0.6) is 0 Å². The van der Waals surface area contributed by atoms with Crippen molar-refractivity contribution in [3.8, 4) is 24.7 Å². The Labute approximate surface area is 147 Å². The van der Waals surface area contributed by atoms with E-state index in [0.717, 1.165) is 47.3 Å². The molecule has 126 valence electrons. The van der Waals surface area contributed by atoms with E-state index in [0.29, 0.717) is 0 Å². The van der Waals surface area contributed by atoms with Gasteiger partial charge in [0, 0.05) is 10.8 Å². The fourth-order valence-corrected chi connectivity index (χ4v) is 9.86. The zero-order valence-corrected chi connectivity index (χ0v) is 14.8. The lowest BCUT2D eigenvalue weighted by Gasteiger charge is -2.68. The Morgan fingerprint density at radius 1 is 0.542 bits per heavy atom. The molecule has 8 rings (SSSR count). The molecule has 0 radical (unpaired) electrons. The van der Waals surface area contributed by atoms with E-state index in [1.807, 2.05) is 0 Å². The van der Waals surface area contributed by atoms with Crippen LogP contribution < -0.4 is 0 Å². The molecule has 8 aliphatic carbocycles. The van der Waals surface area contributed by atoms with Crippen LogP contribution in [0, 0.1) is 82.9 Å². The molecule has 0 aromatic heterocycles. The molecule has 0 N–H and O–H groups in total. The fourth-order valence-electron chi connectivity index (χ4n) is 9.86. The summed E-state index contributed by atoms with van der Waals surface area (Å²) in [6.45, 7) is 0. The second kappa shape index (κ2) is 4.44. The Hall–Kier alpha value is -0.880. The predicted octanol–water partition coefficient (Wildman–Crippen LogP) is 5.14. The molecule has 0 heterocycles. The molecule has 0 aromatic carbocycles. The third kappa shape index (κ3) is 1.60. The van der Waals surface area contributed by atoms with Crippen molar-refractivity contribution in [2.24, 2.45) is 58.2 Å². The summed E-state index contributed by atoms with van der Waals surface area (Å²) in [5, 5.41) is 0. The van der Waals surface area contributed by atoms with Gasteiger partial charge in [0.25, 0.3) is 0 Å². The maximum atomic E-state index is 6.29. The van der Waals surface area contributed by atoms with E-state index in [1.54, 1.807) is 0 Å². The molecule has 6 unspecified atom stereocenters. The molecule has 8 bridgehead atoms. The van der Waals surface area contributed by atoms with Gasteiger partial charge in [-0.3, -0.25) is 0 Å². The molecular weight excluding hydrogens is 288 g/mol. The minimum Gasteiger partial charge on any atom is -0.120 e. The quantitative estimate of drug-likeness (QED) is 0.587. The van der Waals surface area contributed by atoms with Gasteiger partial charge in [-0.25, -0.2) is 0 Å². The predicted molar refractivity (Wildman–Crippen MR) is 96.6 cm³/mol. The van der Waals surface area contributed by atoms with Gasteiger partial charge >= 0.3 is 0 Å². The van der Waals surface area contributed by atoms with Crippen molar-refractivity contribution in [1.29, 1.82) is 0 Å². The molecule has 0 aromatic rings. The highest BCUT2D eigenvalue weighted by Gasteiger charge is 2.66. The normalized spacial score (nSPS) is 62.4. The summed E-state index contributed by atoms with van der Waals surface area (Å²) < 4.78 is 0. The second-order valence-corrected chi connectivity index (χ2v) is 10.9. The first-order chi connectivity index (χ1) is 11.6. The van der Waals surface area contributed by atoms with Gasteiger partial charge in [0.2, 0.25) is 0 Å². The minimum absolute atomic E-state index is 0.221. The monoisotopic (exact) mass is 318 g/mol. The van der Waals surface area contributed by atoms with Crippen LogP contribution in [0.25, 0.3) is 0 Å². The van der Waals surface area contributed by atoms with E-state index >= 15 is 0 Å². The van der Waals surface area contributed by atoms with Crippen molar-refractivity contribution < 1.29 is 0 Å². The topological polar surface area (TPSA) is 0 Å². The molecule has 8 saturated carbocycles. The molecule has 8 fully saturated rings.